The third-order valence-corrected chi connectivity index (χ3v) is 3.76. The maximum absolute atomic E-state index is 12.2. The molecule has 0 radical (unpaired) electrons. The van der Waals surface area contributed by atoms with E-state index in [2.05, 4.69) is 15.1 Å². The van der Waals surface area contributed by atoms with Crippen LogP contribution in [0.1, 0.15) is 43.9 Å². The van der Waals surface area contributed by atoms with E-state index in [1.54, 1.807) is 45.0 Å². The van der Waals surface area contributed by atoms with Crippen molar-refractivity contribution in [3.8, 4) is 11.6 Å². The van der Waals surface area contributed by atoms with Crippen LogP contribution in [-0.4, -0.2) is 37.1 Å². The topological polar surface area (TPSA) is 96.2 Å². The minimum Gasteiger partial charge on any atom is -0.459 e. The second-order valence-electron chi connectivity index (χ2n) is 7.43. The molecule has 2 heterocycles. The number of nitrogens with zero attached hydrogens (tertiary/aromatic N) is 4. The Morgan fingerprint density at radius 3 is 2.54 bits per heavy atom. The zero-order chi connectivity index (χ0) is 20.5. The Hall–Kier alpha value is -3.29. The molecule has 2 aromatic heterocycles. The van der Waals surface area contributed by atoms with Gasteiger partial charge in [-0.05, 0) is 45.9 Å². The maximum Gasteiger partial charge on any atom is 0.328 e. The number of hydrogen-bond donors (Lipinski definition) is 0. The number of rotatable bonds is 5. The van der Waals surface area contributed by atoms with Crippen LogP contribution >= 0.6 is 0 Å². The van der Waals surface area contributed by atoms with Gasteiger partial charge >= 0.3 is 5.97 Å². The van der Waals surface area contributed by atoms with Gasteiger partial charge in [-0.3, -0.25) is 14.3 Å². The van der Waals surface area contributed by atoms with Crippen molar-refractivity contribution in [1.82, 2.24) is 19.7 Å². The summed E-state index contributed by atoms with van der Waals surface area (Å²) in [5, 5.41) is 4.90. The van der Waals surface area contributed by atoms with Gasteiger partial charge in [-0.25, -0.2) is 9.97 Å². The summed E-state index contributed by atoms with van der Waals surface area (Å²) in [6.45, 7) is 8.57. The number of Topliss-reactive ketones (excluding diaryl/α,β-unsaturated/α-hetero) is 1. The van der Waals surface area contributed by atoms with Crippen LogP contribution in [0.3, 0.4) is 0 Å². The van der Waals surface area contributed by atoms with Crippen molar-refractivity contribution in [2.45, 2.75) is 46.8 Å². The summed E-state index contributed by atoms with van der Waals surface area (Å²) in [6, 6.07) is 6.91. The predicted octanol–water partition coefficient (Wildman–Crippen LogP) is 3.47. The summed E-state index contributed by atoms with van der Waals surface area (Å²) in [7, 11) is 0. The van der Waals surface area contributed by atoms with E-state index in [0.717, 1.165) is 5.69 Å². The monoisotopic (exact) mass is 382 g/mol. The largest absolute Gasteiger partial charge is 0.459 e. The lowest BCUT2D eigenvalue weighted by Crippen LogP contribution is -2.26. The van der Waals surface area contributed by atoms with Crippen molar-refractivity contribution in [3.05, 3.63) is 42.0 Å². The first-order valence-electron chi connectivity index (χ1n) is 8.82. The fourth-order valence-electron chi connectivity index (χ4n) is 2.71. The van der Waals surface area contributed by atoms with Crippen LogP contribution < -0.4 is 4.74 Å². The first-order chi connectivity index (χ1) is 13.1. The summed E-state index contributed by atoms with van der Waals surface area (Å²) < 4.78 is 12.6. The molecule has 0 saturated carbocycles. The van der Waals surface area contributed by atoms with Gasteiger partial charge in [0, 0.05) is 24.1 Å². The third kappa shape index (κ3) is 4.51. The third-order valence-electron chi connectivity index (χ3n) is 3.76. The van der Waals surface area contributed by atoms with E-state index < -0.39 is 11.6 Å². The molecule has 0 aliphatic heterocycles. The highest BCUT2D eigenvalue weighted by molar-refractivity contribution is 6.05. The second kappa shape index (κ2) is 7.38. The fraction of sp³-hybridized carbons (Fsp3) is 0.350. The number of hydrogen-bond acceptors (Lipinski definition) is 7. The lowest BCUT2D eigenvalue weighted by Gasteiger charge is -2.19. The minimum atomic E-state index is -0.597. The van der Waals surface area contributed by atoms with E-state index in [1.807, 2.05) is 6.92 Å². The normalized spacial score (nSPS) is 11.5. The van der Waals surface area contributed by atoms with Crippen LogP contribution in [0, 0.1) is 6.92 Å². The number of aromatic nitrogens is 4. The number of ketones is 1. The number of carbonyl (C=O) groups excluding carboxylic acids is 2. The summed E-state index contributed by atoms with van der Waals surface area (Å²) in [5.74, 6) is 0.272. The number of fused-ring (bicyclic) bond motifs is 1. The Balaban J connectivity index is 1.95. The van der Waals surface area contributed by atoms with E-state index >= 15 is 0 Å². The van der Waals surface area contributed by atoms with Gasteiger partial charge < -0.3 is 9.47 Å². The Labute approximate surface area is 162 Å². The van der Waals surface area contributed by atoms with Crippen LogP contribution in [0.25, 0.3) is 10.9 Å². The average Bonchev–Trinajstić information content (AvgIpc) is 2.91. The number of benzene rings is 1. The van der Waals surface area contributed by atoms with Crippen molar-refractivity contribution >= 4 is 22.7 Å². The van der Waals surface area contributed by atoms with Gasteiger partial charge in [0.05, 0.1) is 5.52 Å². The Bertz CT molecular complexity index is 1050. The smallest absolute Gasteiger partial charge is 0.328 e. The molecule has 0 aliphatic rings. The van der Waals surface area contributed by atoms with Crippen molar-refractivity contribution in [2.75, 3.05) is 0 Å². The molecule has 0 amide bonds. The summed E-state index contributed by atoms with van der Waals surface area (Å²) in [6.07, 6.45) is 1.42. The molecule has 8 nitrogen and oxygen atoms in total. The fourth-order valence-corrected chi connectivity index (χ4v) is 2.71. The molecule has 0 spiro atoms. The minimum absolute atomic E-state index is 0.0909. The van der Waals surface area contributed by atoms with Crippen molar-refractivity contribution in [3.63, 3.8) is 0 Å². The predicted molar refractivity (Wildman–Crippen MR) is 102 cm³/mol. The highest BCUT2D eigenvalue weighted by Crippen LogP contribution is 2.27. The molecule has 3 rings (SSSR count). The van der Waals surface area contributed by atoms with Crippen molar-refractivity contribution in [1.29, 1.82) is 0 Å². The molecular formula is C20H22N4O4. The van der Waals surface area contributed by atoms with Gasteiger partial charge in [-0.15, -0.1) is 0 Å². The number of carbonyl (C=O) groups is 2. The quantitative estimate of drug-likeness (QED) is 0.492. The van der Waals surface area contributed by atoms with Gasteiger partial charge in [0.25, 0.3) is 0 Å². The van der Waals surface area contributed by atoms with Crippen LogP contribution in [0.4, 0.5) is 0 Å². The Kier molecular flexibility index (Phi) is 5.13. The van der Waals surface area contributed by atoms with Gasteiger partial charge in [-0.1, -0.05) is 0 Å². The molecule has 1 aromatic carbocycles. The van der Waals surface area contributed by atoms with Crippen molar-refractivity contribution < 1.29 is 19.1 Å². The van der Waals surface area contributed by atoms with E-state index in [-0.39, 0.29) is 18.0 Å². The first kappa shape index (κ1) is 19.5. The highest BCUT2D eigenvalue weighted by atomic mass is 16.6. The summed E-state index contributed by atoms with van der Waals surface area (Å²) in [4.78, 5) is 32.3. The lowest BCUT2D eigenvalue weighted by molar-refractivity contribution is -0.155. The zero-order valence-electron chi connectivity index (χ0n) is 16.5. The second-order valence-corrected chi connectivity index (χ2v) is 7.43. The van der Waals surface area contributed by atoms with Crippen LogP contribution in [0.2, 0.25) is 0 Å². The van der Waals surface area contributed by atoms with E-state index in [4.69, 9.17) is 9.47 Å². The Morgan fingerprint density at radius 2 is 1.89 bits per heavy atom. The molecule has 0 unspecified atom stereocenters. The van der Waals surface area contributed by atoms with Crippen LogP contribution in [0.15, 0.2) is 30.6 Å². The van der Waals surface area contributed by atoms with Gasteiger partial charge in [0.2, 0.25) is 5.88 Å². The highest BCUT2D eigenvalue weighted by Gasteiger charge is 2.20. The molecule has 3 aromatic rings. The maximum atomic E-state index is 12.2. The molecule has 0 N–H and O–H groups in total. The number of aryl methyl sites for hydroxylation is 1. The molecule has 0 aliphatic carbocycles. The van der Waals surface area contributed by atoms with E-state index in [1.165, 1.54) is 17.9 Å². The average molecular weight is 382 g/mol. The molecule has 8 heteroatoms. The lowest BCUT2D eigenvalue weighted by atomic mass is 10.1. The molecule has 0 atom stereocenters. The molecule has 146 valence electrons. The molecular weight excluding hydrogens is 360 g/mol. The molecule has 0 saturated heterocycles. The molecule has 0 fully saturated rings. The Morgan fingerprint density at radius 1 is 1.14 bits per heavy atom. The van der Waals surface area contributed by atoms with Gasteiger partial charge in [-0.2, -0.15) is 5.10 Å². The van der Waals surface area contributed by atoms with E-state index in [0.29, 0.717) is 22.5 Å². The van der Waals surface area contributed by atoms with Crippen LogP contribution in [-0.2, 0) is 16.1 Å². The summed E-state index contributed by atoms with van der Waals surface area (Å²) >= 11 is 0. The zero-order valence-corrected chi connectivity index (χ0v) is 16.5. The number of ether oxygens (including phenoxy) is 2. The first-order valence-corrected chi connectivity index (χ1v) is 8.82. The molecule has 0 bridgehead atoms. The number of esters is 1. The SMILES string of the molecule is CC(=O)c1nn(CC(=O)OC(C)(C)C)c2ccc(Oc3cc(C)ncn3)cc12. The molecule has 28 heavy (non-hydrogen) atoms. The van der Waals surface area contributed by atoms with Gasteiger partial charge in [0.15, 0.2) is 5.78 Å². The summed E-state index contributed by atoms with van der Waals surface area (Å²) in [5.41, 5.74) is 1.09. The van der Waals surface area contributed by atoms with E-state index in [9.17, 15) is 9.59 Å². The van der Waals surface area contributed by atoms with Crippen molar-refractivity contribution in [2.24, 2.45) is 0 Å². The van der Waals surface area contributed by atoms with Gasteiger partial charge in [0.1, 0.15) is 29.9 Å². The van der Waals surface area contributed by atoms with Crippen LogP contribution in [0.5, 0.6) is 11.6 Å². The standard InChI is InChI=1S/C20H22N4O4/c1-12-8-17(22-11-21-12)27-14-6-7-16-15(9-14)19(13(2)25)23-24(16)10-18(26)28-20(3,4)5/h6-9,11H,10H2,1-5H3.